The third-order valence-electron chi connectivity index (χ3n) is 5.32. The molecule has 11 heteroatoms. The maximum absolute atomic E-state index is 12.9. The molecule has 0 atom stereocenters. The van der Waals surface area contributed by atoms with Gasteiger partial charge in [-0.2, -0.15) is 8.61 Å². The minimum Gasteiger partial charge on any atom is -0.322 e. The van der Waals surface area contributed by atoms with E-state index >= 15 is 0 Å². The number of nitrogens with one attached hydrogen (secondary N) is 1. The highest BCUT2D eigenvalue weighted by Crippen LogP contribution is 2.26. The van der Waals surface area contributed by atoms with Crippen LogP contribution in [0.5, 0.6) is 0 Å². The molecule has 1 N–H and O–H groups in total. The molecule has 0 unspecified atom stereocenters. The van der Waals surface area contributed by atoms with Crippen molar-refractivity contribution in [2.75, 3.05) is 31.5 Å². The summed E-state index contributed by atoms with van der Waals surface area (Å²) in [5.74, 6) is -0.637. The molecule has 0 aromatic heterocycles. The van der Waals surface area contributed by atoms with Crippen LogP contribution in [0.2, 0.25) is 5.02 Å². The third-order valence-corrected chi connectivity index (χ3v) is 9.59. The minimum atomic E-state index is -3.77. The van der Waals surface area contributed by atoms with E-state index < -0.39 is 26.0 Å². The highest BCUT2D eigenvalue weighted by atomic mass is 35.5. The number of benzene rings is 2. The third kappa shape index (κ3) is 4.99. The van der Waals surface area contributed by atoms with E-state index in [0.29, 0.717) is 26.2 Å². The van der Waals surface area contributed by atoms with E-state index in [1.165, 1.54) is 38.9 Å². The fourth-order valence-electron chi connectivity index (χ4n) is 3.56. The number of rotatable bonds is 8. The Morgan fingerprint density at radius 3 is 2.28 bits per heavy atom. The van der Waals surface area contributed by atoms with Crippen molar-refractivity contribution in [2.45, 2.75) is 36.5 Å². The molecule has 1 heterocycles. The largest absolute Gasteiger partial charge is 0.322 e. The first-order chi connectivity index (χ1) is 15.1. The minimum absolute atomic E-state index is 0.0206. The lowest BCUT2D eigenvalue weighted by Gasteiger charge is -2.19. The predicted molar refractivity (Wildman–Crippen MR) is 124 cm³/mol. The summed E-state index contributed by atoms with van der Waals surface area (Å²) >= 11 is 6.17. The van der Waals surface area contributed by atoms with Crippen molar-refractivity contribution in [3.8, 4) is 0 Å². The molecule has 1 amide bonds. The maximum Gasteiger partial charge on any atom is 0.257 e. The molecule has 0 radical (unpaired) electrons. The molecule has 174 valence electrons. The van der Waals surface area contributed by atoms with Gasteiger partial charge in [0, 0.05) is 31.9 Å². The van der Waals surface area contributed by atoms with E-state index in [2.05, 4.69) is 5.32 Å². The highest BCUT2D eigenvalue weighted by Gasteiger charge is 2.28. The van der Waals surface area contributed by atoms with Gasteiger partial charge in [-0.3, -0.25) is 4.79 Å². The van der Waals surface area contributed by atoms with Crippen molar-refractivity contribution in [3.63, 3.8) is 0 Å². The van der Waals surface area contributed by atoms with Crippen LogP contribution in [-0.2, 0) is 20.0 Å². The van der Waals surface area contributed by atoms with Crippen LogP contribution in [0.3, 0.4) is 0 Å². The SMILES string of the molecule is CCN(CC)S(=O)(=O)c1ccc(Cl)c(C(=O)Nc2cccc(S(=O)(=O)N3CCCC3)c2)c1. The molecule has 32 heavy (non-hydrogen) atoms. The number of sulfonamides is 2. The van der Waals surface area contributed by atoms with E-state index in [9.17, 15) is 21.6 Å². The average molecular weight is 500 g/mol. The second-order valence-electron chi connectivity index (χ2n) is 7.32. The monoisotopic (exact) mass is 499 g/mol. The van der Waals surface area contributed by atoms with Crippen molar-refractivity contribution in [1.29, 1.82) is 0 Å². The molecule has 1 fully saturated rings. The van der Waals surface area contributed by atoms with Gasteiger partial charge in [0.1, 0.15) is 0 Å². The zero-order chi connectivity index (χ0) is 23.5. The summed E-state index contributed by atoms with van der Waals surface area (Å²) in [7, 11) is -7.41. The molecule has 8 nitrogen and oxygen atoms in total. The van der Waals surface area contributed by atoms with Crippen molar-refractivity contribution in [3.05, 3.63) is 53.1 Å². The summed E-state index contributed by atoms with van der Waals surface area (Å²) < 4.78 is 53.9. The summed E-state index contributed by atoms with van der Waals surface area (Å²) in [6, 6.07) is 9.92. The molecule has 0 spiro atoms. The quantitative estimate of drug-likeness (QED) is 0.599. The molecular weight excluding hydrogens is 474 g/mol. The highest BCUT2D eigenvalue weighted by molar-refractivity contribution is 7.89. The van der Waals surface area contributed by atoms with Gasteiger partial charge in [0.2, 0.25) is 20.0 Å². The Hall–Kier alpha value is -1.98. The van der Waals surface area contributed by atoms with E-state index in [4.69, 9.17) is 11.6 Å². The first-order valence-corrected chi connectivity index (χ1v) is 13.6. The first kappa shape index (κ1) is 24.7. The number of hydrogen-bond donors (Lipinski definition) is 1. The normalized spacial score (nSPS) is 15.2. The smallest absolute Gasteiger partial charge is 0.257 e. The van der Waals surface area contributed by atoms with Gasteiger partial charge in [-0.1, -0.05) is 31.5 Å². The number of nitrogens with zero attached hydrogens (tertiary/aromatic N) is 2. The van der Waals surface area contributed by atoms with Crippen LogP contribution in [-0.4, -0.2) is 57.5 Å². The predicted octanol–water partition coefficient (Wildman–Crippen LogP) is 3.41. The lowest BCUT2D eigenvalue weighted by molar-refractivity contribution is 0.102. The number of carbonyl (C=O) groups excluding carboxylic acids is 1. The maximum atomic E-state index is 12.9. The summed E-state index contributed by atoms with van der Waals surface area (Å²) in [5.41, 5.74) is 0.246. The van der Waals surface area contributed by atoms with Gasteiger partial charge in [0.25, 0.3) is 5.91 Å². The van der Waals surface area contributed by atoms with E-state index in [0.717, 1.165) is 12.8 Å². The van der Waals surface area contributed by atoms with Gasteiger partial charge in [0.15, 0.2) is 0 Å². The lowest BCUT2D eigenvalue weighted by atomic mass is 10.2. The molecule has 3 rings (SSSR count). The van der Waals surface area contributed by atoms with Crippen LogP contribution < -0.4 is 5.32 Å². The molecule has 1 saturated heterocycles. The van der Waals surface area contributed by atoms with Crippen LogP contribution in [0.4, 0.5) is 5.69 Å². The van der Waals surface area contributed by atoms with Crippen molar-refractivity contribution in [2.24, 2.45) is 0 Å². The lowest BCUT2D eigenvalue weighted by Crippen LogP contribution is -2.30. The Morgan fingerprint density at radius 2 is 1.66 bits per heavy atom. The molecule has 0 saturated carbocycles. The summed E-state index contributed by atoms with van der Waals surface area (Å²) in [5, 5.41) is 2.71. The second kappa shape index (κ2) is 9.88. The number of amides is 1. The molecule has 1 aliphatic rings. The van der Waals surface area contributed by atoms with Gasteiger partial charge >= 0.3 is 0 Å². The standard InChI is InChI=1S/C21H26ClN3O5S2/c1-3-24(4-2)31(27,28)18-10-11-20(22)19(15-18)21(26)23-16-8-7-9-17(14-16)32(29,30)25-12-5-6-13-25/h7-11,14-15H,3-6,12-13H2,1-2H3,(H,23,26). The van der Waals surface area contributed by atoms with Crippen molar-refractivity contribution in [1.82, 2.24) is 8.61 Å². The molecule has 0 bridgehead atoms. The molecule has 0 aliphatic carbocycles. The van der Waals surface area contributed by atoms with Crippen LogP contribution in [0.25, 0.3) is 0 Å². The number of hydrogen-bond acceptors (Lipinski definition) is 5. The number of carbonyl (C=O) groups is 1. The number of halogens is 1. The summed E-state index contributed by atoms with van der Waals surface area (Å²) in [6.45, 7) is 4.99. The second-order valence-corrected chi connectivity index (χ2v) is 11.6. The Balaban J connectivity index is 1.88. The average Bonchev–Trinajstić information content (AvgIpc) is 3.30. The Bertz CT molecular complexity index is 1210. The molecular formula is C21H26ClN3O5S2. The van der Waals surface area contributed by atoms with Gasteiger partial charge in [-0.05, 0) is 49.2 Å². The zero-order valence-corrected chi connectivity index (χ0v) is 20.3. The Morgan fingerprint density at radius 1 is 1.00 bits per heavy atom. The molecule has 2 aromatic carbocycles. The van der Waals surface area contributed by atoms with Gasteiger partial charge in [0.05, 0.1) is 20.4 Å². The van der Waals surface area contributed by atoms with Crippen LogP contribution in [0, 0.1) is 0 Å². The van der Waals surface area contributed by atoms with Crippen molar-refractivity contribution < 1.29 is 21.6 Å². The number of anilines is 1. The zero-order valence-electron chi connectivity index (χ0n) is 17.9. The van der Waals surface area contributed by atoms with Gasteiger partial charge in [-0.15, -0.1) is 0 Å². The van der Waals surface area contributed by atoms with Crippen molar-refractivity contribution >= 4 is 43.2 Å². The summed E-state index contributed by atoms with van der Waals surface area (Å²) in [4.78, 5) is 12.9. The first-order valence-electron chi connectivity index (χ1n) is 10.3. The van der Waals surface area contributed by atoms with Crippen LogP contribution in [0.1, 0.15) is 37.0 Å². The topological polar surface area (TPSA) is 104 Å². The van der Waals surface area contributed by atoms with Crippen LogP contribution >= 0.6 is 11.6 Å². The van der Waals surface area contributed by atoms with Gasteiger partial charge in [-0.25, -0.2) is 16.8 Å². The van der Waals surface area contributed by atoms with Crippen LogP contribution in [0.15, 0.2) is 52.3 Å². The molecule has 2 aromatic rings. The fraction of sp³-hybridized carbons (Fsp3) is 0.381. The van der Waals surface area contributed by atoms with E-state index in [1.54, 1.807) is 26.0 Å². The molecule has 1 aliphatic heterocycles. The fourth-order valence-corrected chi connectivity index (χ4v) is 6.81. The van der Waals surface area contributed by atoms with E-state index in [1.807, 2.05) is 0 Å². The van der Waals surface area contributed by atoms with E-state index in [-0.39, 0.29) is 26.1 Å². The Labute approximate surface area is 194 Å². The summed E-state index contributed by atoms with van der Waals surface area (Å²) in [6.07, 6.45) is 1.64. The Kier molecular flexibility index (Phi) is 7.61. The van der Waals surface area contributed by atoms with Gasteiger partial charge < -0.3 is 5.32 Å².